The molecule has 10 rings (SSSR count). The van der Waals surface area contributed by atoms with E-state index < -0.39 is 17.9 Å². The Balaban J connectivity index is 0.000000245. The van der Waals surface area contributed by atoms with Crippen molar-refractivity contribution in [3.63, 3.8) is 0 Å². The summed E-state index contributed by atoms with van der Waals surface area (Å²) in [4.78, 5) is 38.3. The molecule has 10 aromatic carbocycles. The largest absolute Gasteiger partial charge is 0.489 e. The second-order valence-electron chi connectivity index (χ2n) is 20.5. The Kier molecular flexibility index (Phi) is 26.0. The van der Waals surface area contributed by atoms with Gasteiger partial charge in [0, 0.05) is 0 Å². The molecule has 10 aromatic rings. The van der Waals surface area contributed by atoms with Gasteiger partial charge < -0.3 is 58.0 Å². The van der Waals surface area contributed by atoms with Crippen LogP contribution < -0.4 is 33.2 Å². The van der Waals surface area contributed by atoms with Gasteiger partial charge in [-0.05, 0) is 100 Å². The zero-order valence-electron chi connectivity index (χ0n) is 50.7. The van der Waals surface area contributed by atoms with E-state index in [-0.39, 0.29) is 77.2 Å². The number of carboxylic acid groups (broad SMARTS) is 1. The lowest BCUT2D eigenvalue weighted by Crippen LogP contribution is -2.15. The molecular weight excluding hydrogens is 1150 g/mol. The predicted octanol–water partition coefficient (Wildman–Crippen LogP) is 14.7. The van der Waals surface area contributed by atoms with E-state index in [2.05, 4.69) is 0 Å². The van der Waals surface area contributed by atoms with Gasteiger partial charge in [-0.1, -0.05) is 212 Å². The number of benzene rings is 10. The summed E-state index contributed by atoms with van der Waals surface area (Å²) in [6.45, 7) is 5.20. The molecule has 0 aliphatic rings. The van der Waals surface area contributed by atoms with Gasteiger partial charge in [0.05, 0.1) is 29.9 Å². The first-order valence-electron chi connectivity index (χ1n) is 29.5. The van der Waals surface area contributed by atoms with Crippen molar-refractivity contribution in [2.75, 3.05) is 26.4 Å². The van der Waals surface area contributed by atoms with Crippen LogP contribution in [0.1, 0.15) is 81.1 Å². The first kappa shape index (κ1) is 66.1. The molecule has 0 aliphatic carbocycles. The highest BCUT2D eigenvalue weighted by Gasteiger charge is 2.23. The van der Waals surface area contributed by atoms with Crippen molar-refractivity contribution < 1.29 is 72.3 Å². The van der Waals surface area contributed by atoms with Crippen LogP contribution in [-0.2, 0) is 55.7 Å². The van der Waals surface area contributed by atoms with E-state index in [4.69, 9.17) is 52.8 Å². The Morgan fingerprint density at radius 3 is 0.802 bits per heavy atom. The van der Waals surface area contributed by atoms with Crippen LogP contribution in [0.2, 0.25) is 0 Å². The van der Waals surface area contributed by atoms with Crippen LogP contribution in [0.5, 0.6) is 40.2 Å². The van der Waals surface area contributed by atoms with Crippen molar-refractivity contribution in [3.05, 3.63) is 315 Å². The van der Waals surface area contributed by atoms with Gasteiger partial charge in [-0.3, -0.25) is 0 Å². The fraction of sp³-hybridized carbons (Fsp3) is 0.171. The Morgan fingerprint density at radius 1 is 0.308 bits per heavy atom. The Morgan fingerprint density at radius 2 is 0.538 bits per heavy atom. The summed E-state index contributed by atoms with van der Waals surface area (Å²) in [5.41, 5.74) is 9.16. The summed E-state index contributed by atoms with van der Waals surface area (Å²) in [6.07, 6.45) is 0. The number of carbonyl (C=O) groups is 3. The molecule has 0 bridgehead atoms. The Labute approximate surface area is 530 Å². The average molecular weight is 1230 g/mol. The first-order valence-corrected chi connectivity index (χ1v) is 29.5. The third kappa shape index (κ3) is 21.5. The number of hydrogen-bond acceptors (Lipinski definition) is 14. The Bertz CT molecular complexity index is 3690. The third-order valence-electron chi connectivity index (χ3n) is 13.7. The fourth-order valence-corrected chi connectivity index (χ4v) is 8.77. The SMILES string of the molecule is Cc1cc(C(=O)OCCOC(=O)c2cc(OCc3ccccc3)c(OCc3ccccc3)c(OCc3ccccc3)c2)cc(OCc2ccccc2)c1C.O=C(O)c1cc(OCc2ccccc2)c(OCc2ccccc2)c(OCc2ccccc2)c1.OCCO. The average Bonchev–Trinajstić information content (AvgIpc) is 1.37. The minimum absolute atomic E-state index is 0.0631. The highest BCUT2D eigenvalue weighted by atomic mass is 16.6. The third-order valence-corrected chi connectivity index (χ3v) is 13.7. The van der Waals surface area contributed by atoms with E-state index in [1.54, 1.807) is 24.3 Å². The summed E-state index contributed by atoms with van der Waals surface area (Å²) in [5, 5.41) is 24.9. The summed E-state index contributed by atoms with van der Waals surface area (Å²) in [6, 6.07) is 77.5. The van der Waals surface area contributed by atoms with E-state index >= 15 is 0 Å². The lowest BCUT2D eigenvalue weighted by molar-refractivity contribution is 0.0265. The van der Waals surface area contributed by atoms with Gasteiger partial charge in [0.25, 0.3) is 0 Å². The van der Waals surface area contributed by atoms with Crippen LogP contribution in [0.4, 0.5) is 0 Å². The molecule has 0 aromatic heterocycles. The topological polar surface area (TPSA) is 195 Å². The van der Waals surface area contributed by atoms with Crippen LogP contribution in [0.15, 0.2) is 249 Å². The molecule has 0 aliphatic heterocycles. The molecule has 15 heteroatoms. The highest BCUT2D eigenvalue weighted by molar-refractivity contribution is 5.92. The first-order chi connectivity index (χ1) is 44.5. The summed E-state index contributed by atoms with van der Waals surface area (Å²) < 4.78 is 54.2. The maximum atomic E-state index is 13.5. The molecule has 0 radical (unpaired) electrons. The quantitative estimate of drug-likeness (QED) is 0.0309. The minimum atomic E-state index is -1.07. The number of aliphatic hydroxyl groups is 2. The number of hydrogen-bond donors (Lipinski definition) is 3. The van der Waals surface area contributed by atoms with Crippen molar-refractivity contribution >= 4 is 17.9 Å². The molecule has 0 unspecified atom stereocenters. The molecule has 0 spiro atoms. The smallest absolute Gasteiger partial charge is 0.338 e. The van der Waals surface area contributed by atoms with E-state index in [1.807, 2.05) is 226 Å². The van der Waals surface area contributed by atoms with Gasteiger partial charge in [0.2, 0.25) is 11.5 Å². The van der Waals surface area contributed by atoms with Gasteiger partial charge in [-0.25, -0.2) is 14.4 Å². The standard InChI is InChI=1S/C46H42O8.C28H24O5.C2H6O2/c1-33-25-39(26-41(34(33)2)51-29-35-15-7-3-8-16-35)45(47)49-23-24-50-46(48)40-27-42(52-30-36-17-9-4-10-18-36)44(54-32-38-21-13-6-14-22-38)43(28-40)53-31-37-19-11-5-12-20-37;29-28(30)24-16-25(31-18-21-10-4-1-5-11-21)27(33-20-23-14-8-3-9-15-23)26(17-24)32-19-22-12-6-2-7-13-22;3-1-2-4/h3-22,25-28H,23-24,29-32H2,1-2H3;1-17H,18-20H2,(H,29,30);3-4H,1-2H2. The highest BCUT2D eigenvalue weighted by Crippen LogP contribution is 2.42. The van der Waals surface area contributed by atoms with Crippen molar-refractivity contribution in [2.45, 2.75) is 60.1 Å². The summed E-state index contributed by atoms with van der Waals surface area (Å²) >= 11 is 0. The second-order valence-corrected chi connectivity index (χ2v) is 20.5. The molecule has 3 N–H and O–H groups in total. The van der Waals surface area contributed by atoms with Crippen LogP contribution in [-0.4, -0.2) is 59.7 Å². The molecule has 0 fully saturated rings. The monoisotopic (exact) mass is 1220 g/mol. The van der Waals surface area contributed by atoms with E-state index in [0.717, 1.165) is 50.1 Å². The van der Waals surface area contributed by atoms with Gasteiger partial charge in [-0.15, -0.1) is 0 Å². The van der Waals surface area contributed by atoms with Crippen LogP contribution in [0.25, 0.3) is 0 Å². The van der Waals surface area contributed by atoms with Gasteiger partial charge >= 0.3 is 17.9 Å². The van der Waals surface area contributed by atoms with Crippen LogP contribution >= 0.6 is 0 Å². The second kappa shape index (κ2) is 35.8. The number of esters is 2. The number of carboxylic acids is 1. The van der Waals surface area contributed by atoms with E-state index in [1.165, 1.54) is 12.1 Å². The zero-order valence-corrected chi connectivity index (χ0v) is 50.7. The summed E-state index contributed by atoms with van der Waals surface area (Å²) in [7, 11) is 0. The molecule has 0 amide bonds. The van der Waals surface area contributed by atoms with Gasteiger partial charge in [0.15, 0.2) is 23.0 Å². The molecule has 91 heavy (non-hydrogen) atoms. The van der Waals surface area contributed by atoms with Crippen molar-refractivity contribution in [1.29, 1.82) is 0 Å². The van der Waals surface area contributed by atoms with Crippen LogP contribution in [0.3, 0.4) is 0 Å². The lowest BCUT2D eigenvalue weighted by atomic mass is 10.0. The number of aromatic carboxylic acids is 1. The number of aryl methyl sites for hydroxylation is 1. The van der Waals surface area contributed by atoms with Gasteiger partial charge in [-0.2, -0.15) is 0 Å². The van der Waals surface area contributed by atoms with E-state index in [9.17, 15) is 19.5 Å². The lowest BCUT2D eigenvalue weighted by Gasteiger charge is -2.19. The number of ether oxygens (including phenoxy) is 9. The van der Waals surface area contributed by atoms with E-state index in [0.29, 0.717) is 52.4 Å². The maximum absolute atomic E-state index is 13.5. The number of carbonyl (C=O) groups excluding carboxylic acids is 2. The Hall–Kier alpha value is -10.9. The maximum Gasteiger partial charge on any atom is 0.338 e. The van der Waals surface area contributed by atoms with Crippen molar-refractivity contribution in [3.8, 4) is 40.2 Å². The molecule has 0 saturated carbocycles. The number of aliphatic hydroxyl groups excluding tert-OH is 2. The predicted molar refractivity (Wildman–Crippen MR) is 346 cm³/mol. The van der Waals surface area contributed by atoms with Gasteiger partial charge in [0.1, 0.15) is 65.2 Å². The molecule has 15 nitrogen and oxygen atoms in total. The minimum Gasteiger partial charge on any atom is -0.489 e. The molecular formula is C76H72O15. The number of rotatable bonds is 28. The zero-order chi connectivity index (χ0) is 63.8. The van der Waals surface area contributed by atoms with Crippen molar-refractivity contribution in [2.24, 2.45) is 0 Å². The fourth-order valence-electron chi connectivity index (χ4n) is 8.77. The van der Waals surface area contributed by atoms with Crippen molar-refractivity contribution in [1.82, 2.24) is 0 Å². The van der Waals surface area contributed by atoms with Crippen LogP contribution in [0, 0.1) is 13.8 Å². The normalized spacial score (nSPS) is 10.4. The molecule has 0 saturated heterocycles. The molecule has 466 valence electrons. The molecule has 0 atom stereocenters. The molecule has 0 heterocycles. The summed E-state index contributed by atoms with van der Waals surface area (Å²) in [5.74, 6) is 0.340.